The Labute approximate surface area is 296 Å². The second-order valence-electron chi connectivity index (χ2n) is 11.6. The molecule has 0 aliphatic rings. The first-order valence-electron chi connectivity index (χ1n) is 14.4. The van der Waals surface area contributed by atoms with E-state index in [9.17, 15) is 105 Å². The predicted molar refractivity (Wildman–Crippen MR) is 149 cm³/mol. The number of carbonyl (C=O) groups excluding carboxylic acids is 2. The third kappa shape index (κ3) is 9.71. The number of carboxylic acids is 2. The summed E-state index contributed by atoms with van der Waals surface area (Å²) < 4.78 is 207. The molecule has 0 heterocycles. The molecule has 2 atom stereocenters. The second-order valence-corrected chi connectivity index (χ2v) is 11.6. The fourth-order valence-corrected chi connectivity index (χ4v) is 4.35. The highest BCUT2D eigenvalue weighted by atomic mass is 19.4. The number of benzene rings is 2. The highest BCUT2D eigenvalue weighted by Gasteiger charge is 2.81. The van der Waals surface area contributed by atoms with Gasteiger partial charge in [-0.15, -0.1) is 0 Å². The number of aromatic carboxylic acids is 2. The third-order valence-corrected chi connectivity index (χ3v) is 7.29. The van der Waals surface area contributed by atoms with Crippen LogP contribution < -0.4 is 0 Å². The van der Waals surface area contributed by atoms with E-state index in [0.29, 0.717) is 24.3 Å². The van der Waals surface area contributed by atoms with Crippen LogP contribution in [-0.4, -0.2) is 111 Å². The summed E-state index contributed by atoms with van der Waals surface area (Å²) in [5, 5.41) is 38.3. The fourth-order valence-electron chi connectivity index (χ4n) is 4.35. The van der Waals surface area contributed by atoms with Gasteiger partial charge in [0.05, 0.1) is 34.5 Å². The number of ether oxygens (including phenoxy) is 2. The molecule has 55 heavy (non-hydrogen) atoms. The van der Waals surface area contributed by atoms with Crippen molar-refractivity contribution in [2.45, 2.75) is 73.7 Å². The number of carboxylic acid groups (broad SMARTS) is 2. The molecule has 0 radical (unpaired) electrons. The van der Waals surface area contributed by atoms with Crippen LogP contribution in [0.5, 0.6) is 0 Å². The van der Waals surface area contributed by atoms with E-state index < -0.39 is 133 Å². The lowest BCUT2D eigenvalue weighted by atomic mass is 9.95. The maximum absolute atomic E-state index is 13.8. The zero-order chi connectivity index (χ0) is 42.9. The molecule has 10 nitrogen and oxygen atoms in total. The van der Waals surface area contributed by atoms with Gasteiger partial charge in [0, 0.05) is 19.8 Å². The van der Waals surface area contributed by atoms with Gasteiger partial charge in [-0.1, -0.05) is 12.1 Å². The summed E-state index contributed by atoms with van der Waals surface area (Å²) >= 11 is 0. The lowest BCUT2D eigenvalue weighted by molar-refractivity contribution is -0.398. The van der Waals surface area contributed by atoms with Gasteiger partial charge in [-0.3, -0.25) is 0 Å². The van der Waals surface area contributed by atoms with Crippen LogP contribution in [0.2, 0.25) is 0 Å². The van der Waals surface area contributed by atoms with E-state index in [-0.39, 0.29) is 11.1 Å². The average molecular weight is 828 g/mol. The first-order chi connectivity index (χ1) is 24.6. The molecule has 0 saturated carbocycles. The van der Waals surface area contributed by atoms with Crippen molar-refractivity contribution in [3.8, 4) is 11.1 Å². The largest absolute Gasteiger partial charge is 0.478 e. The summed E-state index contributed by atoms with van der Waals surface area (Å²) in [7, 11) is 0. The van der Waals surface area contributed by atoms with Crippen LogP contribution in [0.15, 0.2) is 36.4 Å². The smallest absolute Gasteiger partial charge is 0.460 e. The SMILES string of the molecule is CC(F)(F)C(F)(F)C(F)(F)CC(O)COC(=O)c1ccc(-c2ccc(C(=O)OCC(O)CC(F)(F)C(F)(F)C(F)(F)C(F)(F)F)c(C(=O)O)c2)cc1C(=O)O. The van der Waals surface area contributed by atoms with E-state index in [1.54, 1.807) is 0 Å². The van der Waals surface area contributed by atoms with E-state index >= 15 is 0 Å². The molecule has 0 aromatic heterocycles. The molecular formula is C30H23F15O10. The monoisotopic (exact) mass is 828 g/mol. The Balaban J connectivity index is 2.26. The minimum absolute atomic E-state index is 0.270. The minimum atomic E-state index is -7.27. The van der Waals surface area contributed by atoms with Gasteiger partial charge in [-0.25, -0.2) is 19.2 Å². The van der Waals surface area contributed by atoms with Crippen molar-refractivity contribution >= 4 is 23.9 Å². The number of esters is 2. The zero-order valence-electron chi connectivity index (χ0n) is 26.9. The molecular weight excluding hydrogens is 805 g/mol. The van der Waals surface area contributed by atoms with E-state index in [1.165, 1.54) is 0 Å². The summed E-state index contributed by atoms with van der Waals surface area (Å²) in [5.74, 6) is -44.7. The molecule has 0 spiro atoms. The van der Waals surface area contributed by atoms with Gasteiger partial charge in [0.25, 0.3) is 0 Å². The average Bonchev–Trinajstić information content (AvgIpc) is 3.03. The molecule has 4 N–H and O–H groups in total. The summed E-state index contributed by atoms with van der Waals surface area (Å²) in [4.78, 5) is 48.6. The molecule has 0 amide bonds. The van der Waals surface area contributed by atoms with E-state index in [4.69, 9.17) is 0 Å². The van der Waals surface area contributed by atoms with Crippen LogP contribution in [0.25, 0.3) is 11.1 Å². The number of hydrogen-bond acceptors (Lipinski definition) is 8. The molecule has 2 aromatic rings. The number of alkyl halides is 15. The Morgan fingerprint density at radius 3 is 1.16 bits per heavy atom. The van der Waals surface area contributed by atoms with Crippen LogP contribution in [0.4, 0.5) is 65.9 Å². The molecule has 0 fully saturated rings. The summed E-state index contributed by atoms with van der Waals surface area (Å²) in [5.41, 5.74) is -4.42. The number of aliphatic hydroxyl groups excluding tert-OH is 2. The van der Waals surface area contributed by atoms with E-state index in [0.717, 1.165) is 12.1 Å². The summed E-state index contributed by atoms with van der Waals surface area (Å²) in [6, 6.07) is 4.36. The predicted octanol–water partition coefficient (Wildman–Crippen LogP) is 6.96. The van der Waals surface area contributed by atoms with Crippen LogP contribution in [0, 0.1) is 0 Å². The first-order valence-corrected chi connectivity index (χ1v) is 14.4. The van der Waals surface area contributed by atoms with Crippen molar-refractivity contribution in [3.05, 3.63) is 58.7 Å². The van der Waals surface area contributed by atoms with Gasteiger partial charge < -0.3 is 29.9 Å². The van der Waals surface area contributed by atoms with Crippen LogP contribution in [0.1, 0.15) is 61.2 Å². The number of halogens is 15. The van der Waals surface area contributed by atoms with Crippen molar-refractivity contribution in [1.29, 1.82) is 0 Å². The molecule has 0 aliphatic carbocycles. The molecule has 2 aromatic carbocycles. The Hall–Kier alpha value is -4.81. The Morgan fingerprint density at radius 2 is 0.873 bits per heavy atom. The number of carbonyl (C=O) groups is 4. The maximum atomic E-state index is 13.8. The van der Waals surface area contributed by atoms with E-state index in [2.05, 4.69) is 9.47 Å². The number of hydrogen-bond donors (Lipinski definition) is 4. The third-order valence-electron chi connectivity index (χ3n) is 7.29. The molecule has 0 saturated heterocycles. The molecule has 25 heteroatoms. The van der Waals surface area contributed by atoms with Crippen LogP contribution >= 0.6 is 0 Å². The number of aliphatic hydroxyl groups is 2. The van der Waals surface area contributed by atoms with Gasteiger partial charge in [-0.05, 0) is 35.4 Å². The Kier molecular flexibility index (Phi) is 13.3. The quantitative estimate of drug-likeness (QED) is 0.0967. The van der Waals surface area contributed by atoms with E-state index in [1.807, 2.05) is 0 Å². The van der Waals surface area contributed by atoms with Gasteiger partial charge in [-0.2, -0.15) is 65.9 Å². The lowest BCUT2D eigenvalue weighted by Crippen LogP contribution is -2.61. The normalized spacial score (nSPS) is 14.6. The fraction of sp³-hybridized carbons (Fsp3) is 0.467. The lowest BCUT2D eigenvalue weighted by Gasteiger charge is -2.34. The summed E-state index contributed by atoms with van der Waals surface area (Å²) in [6.07, 6.45) is -18.0. The van der Waals surface area contributed by atoms with Crippen LogP contribution in [0.3, 0.4) is 0 Å². The second kappa shape index (κ2) is 15.7. The zero-order valence-corrected chi connectivity index (χ0v) is 26.9. The van der Waals surface area contributed by atoms with Gasteiger partial charge in [0.2, 0.25) is 0 Å². The van der Waals surface area contributed by atoms with Crippen molar-refractivity contribution in [2.75, 3.05) is 13.2 Å². The topological polar surface area (TPSA) is 168 Å². The highest BCUT2D eigenvalue weighted by molar-refractivity contribution is 6.05. The Morgan fingerprint density at radius 1 is 0.545 bits per heavy atom. The minimum Gasteiger partial charge on any atom is -0.478 e. The first kappa shape index (κ1) is 46.3. The van der Waals surface area contributed by atoms with Gasteiger partial charge >= 0.3 is 65.6 Å². The van der Waals surface area contributed by atoms with Crippen molar-refractivity contribution in [3.63, 3.8) is 0 Å². The highest BCUT2D eigenvalue weighted by Crippen LogP contribution is 2.54. The molecule has 2 rings (SSSR count). The number of rotatable bonds is 17. The van der Waals surface area contributed by atoms with Gasteiger partial charge in [0.1, 0.15) is 13.2 Å². The maximum Gasteiger partial charge on any atom is 0.460 e. The molecule has 2 unspecified atom stereocenters. The Bertz CT molecular complexity index is 1770. The van der Waals surface area contributed by atoms with Crippen molar-refractivity contribution < 1.29 is 115 Å². The molecule has 0 aliphatic heterocycles. The van der Waals surface area contributed by atoms with Crippen LogP contribution in [-0.2, 0) is 9.47 Å². The molecule has 308 valence electrons. The molecule has 0 bridgehead atoms. The van der Waals surface area contributed by atoms with Gasteiger partial charge in [0.15, 0.2) is 0 Å². The van der Waals surface area contributed by atoms with Crippen molar-refractivity contribution in [2.24, 2.45) is 0 Å². The van der Waals surface area contributed by atoms with Crippen molar-refractivity contribution in [1.82, 2.24) is 0 Å². The summed E-state index contributed by atoms with van der Waals surface area (Å²) in [6.45, 7) is -3.81. The standard InChI is InChI=1S/C30H23F15O10/c1-24(31,32)27(37,38)25(33,34)8-14(46)10-54-22(52)16-4-2-12(6-18(16)20(48)49)13-3-5-17(19(7-13)21(50)51)23(53)55-11-15(47)9-26(35,36)28(39,40)29(41,42)30(43,44)45/h2-7,14-15,46-47H,8-11H2,1H3,(H,48,49)(H,50,51).